The number of halogens is 1. The van der Waals surface area contributed by atoms with Crippen molar-refractivity contribution in [2.24, 2.45) is 0 Å². The second-order valence-electron chi connectivity index (χ2n) is 3.91. The van der Waals surface area contributed by atoms with E-state index >= 15 is 0 Å². The summed E-state index contributed by atoms with van der Waals surface area (Å²) >= 11 is 7.48. The molecule has 0 radical (unpaired) electrons. The first-order valence-corrected chi connectivity index (χ1v) is 7.02. The van der Waals surface area contributed by atoms with E-state index in [1.54, 1.807) is 17.4 Å². The number of aromatic nitrogens is 1. The van der Waals surface area contributed by atoms with Gasteiger partial charge >= 0.3 is 0 Å². The van der Waals surface area contributed by atoms with Crippen LogP contribution in [0.15, 0.2) is 36.0 Å². The van der Waals surface area contributed by atoms with Gasteiger partial charge in [0.15, 0.2) is 0 Å². The zero-order valence-electron chi connectivity index (χ0n) is 10.0. The summed E-state index contributed by atoms with van der Waals surface area (Å²) < 4.78 is 0. The van der Waals surface area contributed by atoms with Crippen LogP contribution in [0.5, 0.6) is 0 Å². The fraction of sp³-hybridized carbons (Fsp3) is 0.231. The molecule has 2 aromatic rings. The van der Waals surface area contributed by atoms with Crippen LogP contribution >= 0.6 is 22.9 Å². The third-order valence-corrected chi connectivity index (χ3v) is 3.91. The second-order valence-corrected chi connectivity index (χ2v) is 5.30. The molecule has 0 fully saturated rings. The Morgan fingerprint density at radius 1 is 1.53 bits per heavy atom. The van der Waals surface area contributed by atoms with E-state index in [0.717, 1.165) is 4.88 Å². The van der Waals surface area contributed by atoms with Crippen LogP contribution < -0.4 is 5.32 Å². The Kier molecular flexibility index (Phi) is 4.90. The van der Waals surface area contributed by atoms with Crippen LogP contribution in [0.2, 0.25) is 5.02 Å². The smallest absolute Gasteiger partial charge is 0.253 e. The number of thiophene rings is 1. The highest BCUT2D eigenvalue weighted by atomic mass is 35.5. The van der Waals surface area contributed by atoms with Gasteiger partial charge in [0.25, 0.3) is 5.91 Å². The van der Waals surface area contributed by atoms with Crippen molar-refractivity contribution in [1.82, 2.24) is 10.3 Å². The topological polar surface area (TPSA) is 62.2 Å². The van der Waals surface area contributed by atoms with E-state index in [2.05, 4.69) is 10.3 Å². The minimum atomic E-state index is -0.265. The maximum atomic E-state index is 12.1. The van der Waals surface area contributed by atoms with Gasteiger partial charge in [-0.1, -0.05) is 17.7 Å². The molecule has 1 amide bonds. The molecule has 0 unspecified atom stereocenters. The summed E-state index contributed by atoms with van der Waals surface area (Å²) in [5.74, 6) is -0.265. The predicted octanol–water partition coefficient (Wildman–Crippen LogP) is 2.65. The molecule has 100 valence electrons. The normalized spacial score (nSPS) is 12.1. The molecule has 0 bridgehead atoms. The largest absolute Gasteiger partial charge is 0.396 e. The van der Waals surface area contributed by atoms with Crippen LogP contribution in [0.1, 0.15) is 27.7 Å². The van der Waals surface area contributed by atoms with Crippen LogP contribution in [-0.4, -0.2) is 22.6 Å². The molecule has 19 heavy (non-hydrogen) atoms. The highest BCUT2D eigenvalue weighted by Gasteiger charge is 2.17. The molecule has 0 spiro atoms. The van der Waals surface area contributed by atoms with Crippen molar-refractivity contribution in [1.29, 1.82) is 0 Å². The zero-order valence-corrected chi connectivity index (χ0v) is 11.6. The Bertz CT molecular complexity index is 545. The molecule has 0 saturated carbocycles. The van der Waals surface area contributed by atoms with Crippen LogP contribution in [0.25, 0.3) is 0 Å². The number of hydrogen-bond donors (Lipinski definition) is 2. The number of pyridine rings is 1. The van der Waals surface area contributed by atoms with Gasteiger partial charge < -0.3 is 10.4 Å². The van der Waals surface area contributed by atoms with E-state index < -0.39 is 0 Å². The number of carbonyl (C=O) groups is 1. The molecule has 2 heterocycles. The van der Waals surface area contributed by atoms with Crippen LogP contribution in [0.3, 0.4) is 0 Å². The van der Waals surface area contributed by atoms with Gasteiger partial charge in [0.05, 0.1) is 16.6 Å². The number of carbonyl (C=O) groups excluding carboxylic acids is 1. The predicted molar refractivity (Wildman–Crippen MR) is 75.5 cm³/mol. The first-order chi connectivity index (χ1) is 9.22. The number of aliphatic hydroxyl groups excluding tert-OH is 1. The minimum absolute atomic E-state index is 0.00687. The third kappa shape index (κ3) is 3.53. The van der Waals surface area contributed by atoms with Crippen LogP contribution in [0, 0.1) is 0 Å². The van der Waals surface area contributed by atoms with Crippen molar-refractivity contribution in [3.63, 3.8) is 0 Å². The molecular formula is C13H13ClN2O2S. The summed E-state index contributed by atoms with van der Waals surface area (Å²) in [4.78, 5) is 17.0. The lowest BCUT2D eigenvalue weighted by Crippen LogP contribution is -2.29. The lowest BCUT2D eigenvalue weighted by molar-refractivity contribution is 0.0931. The molecule has 0 aromatic carbocycles. The molecule has 2 N–H and O–H groups in total. The Morgan fingerprint density at radius 2 is 2.37 bits per heavy atom. The van der Waals surface area contributed by atoms with Gasteiger partial charge in [-0.25, -0.2) is 0 Å². The van der Waals surface area contributed by atoms with Crippen molar-refractivity contribution in [2.45, 2.75) is 12.5 Å². The highest BCUT2D eigenvalue weighted by molar-refractivity contribution is 7.10. The van der Waals surface area contributed by atoms with Crippen LogP contribution in [-0.2, 0) is 0 Å². The lowest BCUT2D eigenvalue weighted by atomic mass is 10.1. The van der Waals surface area contributed by atoms with E-state index in [1.807, 2.05) is 17.5 Å². The summed E-state index contributed by atoms with van der Waals surface area (Å²) in [6, 6.07) is 5.21. The lowest BCUT2D eigenvalue weighted by Gasteiger charge is -2.16. The van der Waals surface area contributed by atoms with Gasteiger partial charge in [0.1, 0.15) is 0 Å². The zero-order chi connectivity index (χ0) is 13.7. The summed E-state index contributed by atoms with van der Waals surface area (Å²) in [5, 5.41) is 14.2. The number of nitrogens with zero attached hydrogens (tertiary/aromatic N) is 1. The van der Waals surface area contributed by atoms with Gasteiger partial charge in [0.2, 0.25) is 0 Å². The molecule has 4 nitrogen and oxygen atoms in total. The molecule has 2 rings (SSSR count). The van der Waals surface area contributed by atoms with E-state index in [1.165, 1.54) is 12.4 Å². The average Bonchev–Trinajstić information content (AvgIpc) is 2.92. The molecule has 0 saturated heterocycles. The summed E-state index contributed by atoms with van der Waals surface area (Å²) in [7, 11) is 0. The SMILES string of the molecule is O=C(N[C@H](CCO)c1cccs1)c1ccncc1Cl. The summed E-state index contributed by atoms with van der Waals surface area (Å²) in [5.41, 5.74) is 0.385. The Morgan fingerprint density at radius 3 is 3.00 bits per heavy atom. The minimum Gasteiger partial charge on any atom is -0.396 e. The van der Waals surface area contributed by atoms with Gasteiger partial charge in [-0.2, -0.15) is 0 Å². The number of amides is 1. The standard InChI is InChI=1S/C13H13ClN2O2S/c14-10-8-15-5-3-9(10)13(18)16-11(4-6-17)12-2-1-7-19-12/h1-3,5,7-8,11,17H,4,6H2,(H,16,18)/t11-/m1/s1. The van der Waals surface area contributed by atoms with Crippen molar-refractivity contribution >= 4 is 28.8 Å². The third-order valence-electron chi connectivity index (χ3n) is 2.63. The van der Waals surface area contributed by atoms with Gasteiger partial charge in [-0.05, 0) is 23.9 Å². The fourth-order valence-corrected chi connectivity index (χ4v) is 2.72. The van der Waals surface area contributed by atoms with Crippen molar-refractivity contribution in [2.75, 3.05) is 6.61 Å². The Hall–Kier alpha value is -1.43. The van der Waals surface area contributed by atoms with Crippen LogP contribution in [0.4, 0.5) is 0 Å². The molecule has 6 heteroatoms. The van der Waals surface area contributed by atoms with E-state index in [4.69, 9.17) is 16.7 Å². The maximum absolute atomic E-state index is 12.1. The summed E-state index contributed by atoms with van der Waals surface area (Å²) in [6.45, 7) is 0.00687. The molecule has 0 aliphatic heterocycles. The average molecular weight is 297 g/mol. The first kappa shape index (κ1) is 14.0. The number of hydrogen-bond acceptors (Lipinski definition) is 4. The number of nitrogens with one attached hydrogen (secondary N) is 1. The molecule has 2 aromatic heterocycles. The van der Waals surface area contributed by atoms with Gasteiger partial charge in [-0.3, -0.25) is 9.78 Å². The quantitative estimate of drug-likeness (QED) is 0.891. The van der Waals surface area contributed by atoms with Crippen molar-refractivity contribution in [3.8, 4) is 0 Å². The summed E-state index contributed by atoms with van der Waals surface area (Å²) in [6.07, 6.45) is 3.42. The van der Waals surface area contributed by atoms with E-state index in [-0.39, 0.29) is 18.6 Å². The van der Waals surface area contributed by atoms with Gasteiger partial charge in [0, 0.05) is 23.9 Å². The Balaban J connectivity index is 2.14. The monoisotopic (exact) mass is 296 g/mol. The van der Waals surface area contributed by atoms with Gasteiger partial charge in [-0.15, -0.1) is 11.3 Å². The first-order valence-electron chi connectivity index (χ1n) is 5.77. The Labute approximate surface area is 120 Å². The fourth-order valence-electron chi connectivity index (χ4n) is 1.70. The highest BCUT2D eigenvalue weighted by Crippen LogP contribution is 2.23. The second kappa shape index (κ2) is 6.65. The van der Waals surface area contributed by atoms with E-state index in [9.17, 15) is 4.79 Å². The van der Waals surface area contributed by atoms with Crippen molar-refractivity contribution in [3.05, 3.63) is 51.4 Å². The van der Waals surface area contributed by atoms with E-state index in [0.29, 0.717) is 17.0 Å². The molecule has 0 aliphatic carbocycles. The molecule has 0 aliphatic rings. The number of aliphatic hydroxyl groups is 1. The maximum Gasteiger partial charge on any atom is 0.253 e. The number of rotatable bonds is 5. The molecular weight excluding hydrogens is 284 g/mol. The van der Waals surface area contributed by atoms with Crippen molar-refractivity contribution < 1.29 is 9.90 Å². The molecule has 1 atom stereocenters.